The second-order valence-electron chi connectivity index (χ2n) is 10.2. The van der Waals surface area contributed by atoms with Gasteiger partial charge in [-0.3, -0.25) is 14.9 Å². The van der Waals surface area contributed by atoms with Gasteiger partial charge in [0.1, 0.15) is 17.2 Å². The Kier molecular flexibility index (Phi) is 8.46. The Morgan fingerprint density at radius 1 is 1.06 bits per heavy atom. The minimum absolute atomic E-state index is 0.0465. The summed E-state index contributed by atoms with van der Waals surface area (Å²) in [5.41, 5.74) is -4.39. The zero-order valence-corrected chi connectivity index (χ0v) is 21.0. The Bertz CT molecular complexity index is 834. The van der Waals surface area contributed by atoms with E-state index in [1.807, 2.05) is 0 Å². The van der Waals surface area contributed by atoms with Crippen LogP contribution in [0.3, 0.4) is 0 Å². The maximum atomic E-state index is 13.6. The number of hydrogen-bond acceptors (Lipinski definition) is 8. The van der Waals surface area contributed by atoms with Crippen molar-refractivity contribution in [2.75, 3.05) is 6.61 Å². The quantitative estimate of drug-likeness (QED) is 0.272. The van der Waals surface area contributed by atoms with Crippen LogP contribution in [0.15, 0.2) is 12.2 Å². The van der Waals surface area contributed by atoms with Crippen LogP contribution in [0, 0.1) is 5.92 Å². The minimum Gasteiger partial charge on any atom is -0.463 e. The van der Waals surface area contributed by atoms with Crippen molar-refractivity contribution in [3.8, 4) is 0 Å². The van der Waals surface area contributed by atoms with E-state index in [1.54, 1.807) is 62.3 Å². The number of esters is 1. The lowest BCUT2D eigenvalue weighted by Crippen LogP contribution is -2.59. The lowest BCUT2D eigenvalue weighted by atomic mass is 9.84. The molecule has 0 aromatic rings. The summed E-state index contributed by atoms with van der Waals surface area (Å²) < 4.78 is 15.5. The highest BCUT2D eigenvalue weighted by atomic mass is 16.6. The van der Waals surface area contributed by atoms with Crippen molar-refractivity contribution < 1.29 is 38.2 Å². The van der Waals surface area contributed by atoms with Crippen molar-refractivity contribution in [2.24, 2.45) is 5.92 Å². The van der Waals surface area contributed by atoms with Gasteiger partial charge in [0.25, 0.3) is 5.91 Å². The molecule has 3 amide bonds. The molecule has 186 valence electrons. The van der Waals surface area contributed by atoms with Crippen molar-refractivity contribution in [1.82, 2.24) is 10.2 Å². The molecule has 1 rings (SSSR count). The highest BCUT2D eigenvalue weighted by Crippen LogP contribution is 2.35. The maximum absolute atomic E-state index is 13.6. The second-order valence-corrected chi connectivity index (χ2v) is 10.2. The van der Waals surface area contributed by atoms with Crippen molar-refractivity contribution in [1.29, 1.82) is 0 Å². The molecule has 0 spiro atoms. The molecular weight excluding hydrogens is 432 g/mol. The summed E-state index contributed by atoms with van der Waals surface area (Å²) in [7, 11) is 0. The van der Waals surface area contributed by atoms with E-state index in [4.69, 9.17) is 14.2 Å². The fraction of sp³-hybridized carbons (Fsp3) is 0.696. The van der Waals surface area contributed by atoms with Gasteiger partial charge in [0.05, 0.1) is 6.61 Å². The highest BCUT2D eigenvalue weighted by molar-refractivity contribution is 6.24. The molecule has 10 nitrogen and oxygen atoms in total. The zero-order chi connectivity index (χ0) is 25.9. The summed E-state index contributed by atoms with van der Waals surface area (Å²) in [5.74, 6) is -3.14. The van der Waals surface area contributed by atoms with Crippen LogP contribution in [-0.4, -0.2) is 64.1 Å². The standard InChI is InChI=1S/C23H36N2O8/c1-11-31-17(27)14(4)12-23(24-19(29)32-21(5,6)7)16(26)15(13(2)3)25(18(23)28)20(30)33-22(8,9)10/h13,15H,4,11-12H2,1-3,5-10H3,(H,24,29)/t15-,23+/m1/s1. The Labute approximate surface area is 195 Å². The Hall–Kier alpha value is -2.91. The van der Waals surface area contributed by atoms with Gasteiger partial charge in [-0.1, -0.05) is 20.4 Å². The number of carbonyl (C=O) groups excluding carboxylic acids is 5. The summed E-state index contributed by atoms with van der Waals surface area (Å²) in [6.07, 6.45) is -2.69. The fourth-order valence-electron chi connectivity index (χ4n) is 3.34. The molecule has 1 aliphatic heterocycles. The van der Waals surface area contributed by atoms with Crippen molar-refractivity contribution in [2.45, 2.75) is 91.5 Å². The number of amides is 3. The van der Waals surface area contributed by atoms with Crippen LogP contribution in [0.4, 0.5) is 9.59 Å². The molecule has 0 aliphatic carbocycles. The van der Waals surface area contributed by atoms with Gasteiger partial charge in [-0.05, 0) is 54.4 Å². The third-order valence-corrected chi connectivity index (χ3v) is 4.53. The van der Waals surface area contributed by atoms with Crippen molar-refractivity contribution >= 4 is 29.8 Å². The van der Waals surface area contributed by atoms with Crippen LogP contribution in [0.1, 0.15) is 68.7 Å². The lowest BCUT2D eigenvalue weighted by Gasteiger charge is -2.29. The number of carbonyl (C=O) groups is 5. The van der Waals surface area contributed by atoms with Gasteiger partial charge in [-0.2, -0.15) is 0 Å². The smallest absolute Gasteiger partial charge is 0.417 e. The zero-order valence-electron chi connectivity index (χ0n) is 21.0. The second kappa shape index (κ2) is 9.93. The average molecular weight is 469 g/mol. The number of alkyl carbamates (subject to hydrolysis) is 1. The molecule has 1 N–H and O–H groups in total. The van der Waals surface area contributed by atoms with Gasteiger partial charge in [0.15, 0.2) is 11.3 Å². The molecule has 1 heterocycles. The average Bonchev–Trinajstić information content (AvgIpc) is 2.80. The molecule has 2 atom stereocenters. The summed E-state index contributed by atoms with van der Waals surface area (Å²) in [6.45, 7) is 18.2. The first-order valence-electron chi connectivity index (χ1n) is 10.8. The Morgan fingerprint density at radius 3 is 2.00 bits per heavy atom. The first-order valence-corrected chi connectivity index (χ1v) is 10.8. The third kappa shape index (κ3) is 6.79. The number of imide groups is 1. The first-order chi connectivity index (χ1) is 14.9. The Balaban J connectivity index is 3.56. The van der Waals surface area contributed by atoms with Gasteiger partial charge in [0.2, 0.25) is 0 Å². The SMILES string of the molecule is C=C(C[C@]1(NC(=O)OC(C)(C)C)C(=O)[C@@H](C(C)C)N(C(=O)OC(C)(C)C)C1=O)C(=O)OCC. The molecule has 0 bridgehead atoms. The minimum atomic E-state index is -2.29. The van der Waals surface area contributed by atoms with E-state index in [1.165, 1.54) is 0 Å². The van der Waals surface area contributed by atoms with E-state index in [9.17, 15) is 24.0 Å². The summed E-state index contributed by atoms with van der Waals surface area (Å²) in [4.78, 5) is 65.8. The van der Waals surface area contributed by atoms with Crippen LogP contribution >= 0.6 is 0 Å². The number of ether oxygens (including phenoxy) is 3. The summed E-state index contributed by atoms with van der Waals surface area (Å²) in [5, 5.41) is 2.33. The van der Waals surface area contributed by atoms with Gasteiger partial charge in [-0.15, -0.1) is 0 Å². The van der Waals surface area contributed by atoms with Crippen LogP contribution in [0.2, 0.25) is 0 Å². The Morgan fingerprint density at radius 2 is 1.58 bits per heavy atom. The van der Waals surface area contributed by atoms with Crippen LogP contribution < -0.4 is 5.32 Å². The molecule has 0 saturated carbocycles. The number of Topliss-reactive ketones (excluding diaryl/α,β-unsaturated/α-hetero) is 1. The number of rotatable bonds is 6. The first kappa shape index (κ1) is 28.1. The molecule has 1 fully saturated rings. The number of ketones is 1. The molecule has 0 radical (unpaired) electrons. The molecule has 33 heavy (non-hydrogen) atoms. The van der Waals surface area contributed by atoms with E-state index >= 15 is 0 Å². The normalized spacial score (nSPS) is 21.2. The number of likely N-dealkylation sites (tertiary alicyclic amines) is 1. The number of hydrogen-bond donors (Lipinski definition) is 1. The molecule has 0 aromatic carbocycles. The molecule has 0 aromatic heterocycles. The van der Waals surface area contributed by atoms with Crippen LogP contribution in [0.5, 0.6) is 0 Å². The predicted molar refractivity (Wildman–Crippen MR) is 119 cm³/mol. The molecule has 10 heteroatoms. The third-order valence-electron chi connectivity index (χ3n) is 4.53. The number of nitrogens with zero attached hydrogens (tertiary/aromatic N) is 1. The van der Waals surface area contributed by atoms with E-state index in [2.05, 4.69) is 11.9 Å². The van der Waals surface area contributed by atoms with Crippen molar-refractivity contribution in [3.63, 3.8) is 0 Å². The van der Waals surface area contributed by atoms with Gasteiger partial charge in [-0.25, -0.2) is 19.3 Å². The largest absolute Gasteiger partial charge is 0.463 e. The topological polar surface area (TPSA) is 128 Å². The van der Waals surface area contributed by atoms with Gasteiger partial charge >= 0.3 is 18.2 Å². The molecular formula is C23H36N2O8. The molecule has 1 saturated heterocycles. The summed E-state index contributed by atoms with van der Waals surface area (Å²) >= 11 is 0. The number of nitrogens with one attached hydrogen (secondary N) is 1. The van der Waals surface area contributed by atoms with E-state index < -0.39 is 65.0 Å². The van der Waals surface area contributed by atoms with E-state index in [0.29, 0.717) is 4.90 Å². The highest BCUT2D eigenvalue weighted by Gasteiger charge is 2.64. The van der Waals surface area contributed by atoms with E-state index in [-0.39, 0.29) is 12.2 Å². The van der Waals surface area contributed by atoms with Crippen LogP contribution in [0.25, 0.3) is 0 Å². The van der Waals surface area contributed by atoms with Gasteiger partial charge in [0, 0.05) is 12.0 Å². The van der Waals surface area contributed by atoms with E-state index in [0.717, 1.165) is 0 Å². The fourth-order valence-corrected chi connectivity index (χ4v) is 3.34. The molecule has 1 aliphatic rings. The van der Waals surface area contributed by atoms with Gasteiger partial charge < -0.3 is 14.2 Å². The monoisotopic (exact) mass is 468 g/mol. The van der Waals surface area contributed by atoms with Crippen molar-refractivity contribution in [3.05, 3.63) is 12.2 Å². The lowest BCUT2D eigenvalue weighted by molar-refractivity contribution is -0.139. The predicted octanol–water partition coefficient (Wildman–Crippen LogP) is 3.13. The van der Waals surface area contributed by atoms with Crippen LogP contribution in [-0.2, 0) is 28.6 Å². The summed E-state index contributed by atoms with van der Waals surface area (Å²) in [6, 6.07) is -1.24. The maximum Gasteiger partial charge on any atom is 0.417 e. The molecule has 0 unspecified atom stereocenters.